The van der Waals surface area contributed by atoms with Gasteiger partial charge in [0, 0.05) is 37.6 Å². The number of carbonyl (C=O) groups excluding carboxylic acids is 2. The van der Waals surface area contributed by atoms with Gasteiger partial charge in [0.05, 0.1) is 7.11 Å². The molecular formula is C23H25N7O4. The number of nitriles is 2. The molecule has 11 nitrogen and oxygen atoms in total. The second-order valence-electron chi connectivity index (χ2n) is 8.46. The van der Waals surface area contributed by atoms with Crippen molar-refractivity contribution in [1.82, 2.24) is 14.9 Å². The number of methoxy groups -OCH3 is 1. The van der Waals surface area contributed by atoms with Crippen LogP contribution >= 0.6 is 0 Å². The number of nitrogens with zero attached hydrogens (tertiary/aromatic N) is 6. The molecule has 3 rings (SSSR count). The molecule has 2 aromatic rings. The molecule has 0 radical (unpaired) electrons. The Balaban J connectivity index is 1.72. The van der Waals surface area contributed by atoms with Crippen molar-refractivity contribution in [3.05, 3.63) is 41.3 Å². The molecule has 1 N–H and O–H groups in total. The van der Waals surface area contributed by atoms with Gasteiger partial charge < -0.3 is 24.6 Å². The van der Waals surface area contributed by atoms with Gasteiger partial charge in [0.2, 0.25) is 5.82 Å². The van der Waals surface area contributed by atoms with E-state index in [1.54, 1.807) is 29.2 Å². The standard InChI is InChI=1S/C23H25N7O4/c1-23(2,3)34-22(32)30-11-9-29(10-12-30)16-7-5-15(6-8-16)26-20-19(21(31)33-4)17(13-24)27-18(14-25)28-20/h5-8H,9-12H2,1-4H3,(H,26,27,28). The quantitative estimate of drug-likeness (QED) is 0.672. The highest BCUT2D eigenvalue weighted by molar-refractivity contribution is 5.97. The summed E-state index contributed by atoms with van der Waals surface area (Å²) in [7, 11) is 1.18. The number of benzene rings is 1. The van der Waals surface area contributed by atoms with E-state index in [9.17, 15) is 14.9 Å². The van der Waals surface area contributed by atoms with Crippen molar-refractivity contribution in [2.75, 3.05) is 43.5 Å². The van der Waals surface area contributed by atoms with Crippen molar-refractivity contribution in [1.29, 1.82) is 10.5 Å². The lowest BCUT2D eigenvalue weighted by atomic mass is 10.2. The van der Waals surface area contributed by atoms with Gasteiger partial charge in [-0.2, -0.15) is 10.5 Å². The van der Waals surface area contributed by atoms with Crippen LogP contribution in [0.15, 0.2) is 24.3 Å². The average molecular weight is 463 g/mol. The zero-order valence-corrected chi connectivity index (χ0v) is 19.5. The van der Waals surface area contributed by atoms with Crippen LogP contribution in [0.4, 0.5) is 22.0 Å². The fourth-order valence-electron chi connectivity index (χ4n) is 3.34. The van der Waals surface area contributed by atoms with Crippen LogP contribution in [-0.2, 0) is 9.47 Å². The van der Waals surface area contributed by atoms with Crippen LogP contribution in [0.2, 0.25) is 0 Å². The van der Waals surface area contributed by atoms with Crippen molar-refractivity contribution in [2.24, 2.45) is 0 Å². The number of carbonyl (C=O) groups is 2. The Kier molecular flexibility index (Phi) is 7.17. The van der Waals surface area contributed by atoms with Crippen LogP contribution in [0.5, 0.6) is 0 Å². The van der Waals surface area contributed by atoms with E-state index in [0.717, 1.165) is 5.69 Å². The molecule has 0 bridgehead atoms. The SMILES string of the molecule is COC(=O)c1c(C#N)nc(C#N)nc1Nc1ccc(N2CCN(C(=O)OC(C)(C)C)CC2)cc1. The maximum atomic E-state index is 12.3. The average Bonchev–Trinajstić information content (AvgIpc) is 2.82. The lowest BCUT2D eigenvalue weighted by molar-refractivity contribution is 0.0240. The molecule has 0 aliphatic carbocycles. The summed E-state index contributed by atoms with van der Waals surface area (Å²) in [6, 6.07) is 10.9. The summed E-state index contributed by atoms with van der Waals surface area (Å²) < 4.78 is 10.2. The summed E-state index contributed by atoms with van der Waals surface area (Å²) in [5.41, 5.74) is 0.622. The van der Waals surface area contributed by atoms with Gasteiger partial charge in [-0.25, -0.2) is 19.6 Å². The zero-order chi connectivity index (χ0) is 24.9. The molecule has 1 aliphatic rings. The predicted octanol–water partition coefficient (Wildman–Crippen LogP) is 2.81. The Hall–Kier alpha value is -4.38. The largest absolute Gasteiger partial charge is 0.465 e. The van der Waals surface area contributed by atoms with E-state index >= 15 is 0 Å². The Labute approximate surface area is 197 Å². The molecule has 176 valence electrons. The number of rotatable bonds is 4. The van der Waals surface area contributed by atoms with E-state index in [-0.39, 0.29) is 29.0 Å². The molecule has 0 unspecified atom stereocenters. The summed E-state index contributed by atoms with van der Waals surface area (Å²) in [5.74, 6) is -1.03. The molecule has 11 heteroatoms. The summed E-state index contributed by atoms with van der Waals surface area (Å²) >= 11 is 0. The summed E-state index contributed by atoms with van der Waals surface area (Å²) in [4.78, 5) is 36.1. The molecular weight excluding hydrogens is 438 g/mol. The van der Waals surface area contributed by atoms with Crippen molar-refractivity contribution in [2.45, 2.75) is 26.4 Å². The topological polar surface area (TPSA) is 144 Å². The fourth-order valence-corrected chi connectivity index (χ4v) is 3.34. The van der Waals surface area contributed by atoms with Gasteiger partial charge in [-0.1, -0.05) is 0 Å². The Bertz CT molecular complexity index is 1150. The van der Waals surface area contributed by atoms with Gasteiger partial charge in [-0.15, -0.1) is 0 Å². The number of aromatic nitrogens is 2. The molecule has 1 aromatic carbocycles. The van der Waals surface area contributed by atoms with Gasteiger partial charge in [0.15, 0.2) is 11.5 Å². The maximum Gasteiger partial charge on any atom is 0.410 e. The minimum absolute atomic E-state index is 0.00803. The van der Waals surface area contributed by atoms with Gasteiger partial charge in [-0.05, 0) is 45.0 Å². The van der Waals surface area contributed by atoms with Crippen LogP contribution in [0.25, 0.3) is 0 Å². The van der Waals surface area contributed by atoms with Crippen LogP contribution < -0.4 is 10.2 Å². The van der Waals surface area contributed by atoms with E-state index < -0.39 is 11.6 Å². The Morgan fingerprint density at radius 3 is 2.21 bits per heavy atom. The van der Waals surface area contributed by atoms with Crippen LogP contribution in [0, 0.1) is 22.7 Å². The first-order chi connectivity index (χ1) is 16.1. The van der Waals surface area contributed by atoms with Crippen LogP contribution in [0.3, 0.4) is 0 Å². The number of amides is 1. The lowest BCUT2D eigenvalue weighted by Gasteiger charge is -2.36. The number of hydrogen-bond donors (Lipinski definition) is 1. The first-order valence-electron chi connectivity index (χ1n) is 10.6. The smallest absolute Gasteiger partial charge is 0.410 e. The number of esters is 1. The first kappa shape index (κ1) is 24.3. The van der Waals surface area contributed by atoms with E-state index in [1.165, 1.54) is 7.11 Å². The number of hydrogen-bond acceptors (Lipinski definition) is 10. The normalized spacial score (nSPS) is 13.5. The van der Waals surface area contributed by atoms with E-state index in [1.807, 2.05) is 32.9 Å². The Morgan fingerprint density at radius 2 is 1.68 bits per heavy atom. The molecule has 1 fully saturated rings. The van der Waals surface area contributed by atoms with Crippen molar-refractivity contribution in [3.63, 3.8) is 0 Å². The van der Waals surface area contributed by atoms with Gasteiger partial charge in [0.25, 0.3) is 0 Å². The van der Waals surface area contributed by atoms with Crippen molar-refractivity contribution in [3.8, 4) is 12.1 Å². The molecule has 34 heavy (non-hydrogen) atoms. The number of ether oxygens (including phenoxy) is 2. The van der Waals surface area contributed by atoms with Crippen molar-refractivity contribution < 1.29 is 19.1 Å². The third-order valence-corrected chi connectivity index (χ3v) is 4.93. The van der Waals surface area contributed by atoms with Gasteiger partial charge in [-0.3, -0.25) is 0 Å². The second-order valence-corrected chi connectivity index (χ2v) is 8.46. The van der Waals surface area contributed by atoms with Crippen LogP contribution in [0.1, 0.15) is 42.6 Å². The summed E-state index contributed by atoms with van der Waals surface area (Å²) in [6.45, 7) is 7.93. The summed E-state index contributed by atoms with van der Waals surface area (Å²) in [6.07, 6.45) is -0.313. The first-order valence-corrected chi connectivity index (χ1v) is 10.6. The third-order valence-electron chi connectivity index (χ3n) is 4.93. The Morgan fingerprint density at radius 1 is 1.03 bits per heavy atom. The minimum Gasteiger partial charge on any atom is -0.465 e. The number of piperazine rings is 1. The van der Waals surface area contributed by atoms with E-state index in [2.05, 4.69) is 20.2 Å². The molecule has 2 heterocycles. The second kappa shape index (κ2) is 10.0. The van der Waals surface area contributed by atoms with E-state index in [0.29, 0.717) is 31.9 Å². The molecule has 0 spiro atoms. The third kappa shape index (κ3) is 5.70. The number of nitrogens with one attached hydrogen (secondary N) is 1. The fraction of sp³-hybridized carbons (Fsp3) is 0.391. The highest BCUT2D eigenvalue weighted by Crippen LogP contribution is 2.25. The van der Waals surface area contributed by atoms with Gasteiger partial charge in [0.1, 0.15) is 23.3 Å². The highest BCUT2D eigenvalue weighted by Gasteiger charge is 2.26. The molecule has 1 aliphatic heterocycles. The maximum absolute atomic E-state index is 12.3. The highest BCUT2D eigenvalue weighted by atomic mass is 16.6. The molecule has 0 saturated carbocycles. The van der Waals surface area contributed by atoms with Crippen LogP contribution in [-0.4, -0.2) is 65.8 Å². The lowest BCUT2D eigenvalue weighted by Crippen LogP contribution is -2.50. The zero-order valence-electron chi connectivity index (χ0n) is 19.5. The predicted molar refractivity (Wildman–Crippen MR) is 123 cm³/mol. The summed E-state index contributed by atoms with van der Waals surface area (Å²) in [5, 5.41) is 21.5. The molecule has 1 amide bonds. The molecule has 0 atom stereocenters. The number of anilines is 3. The monoisotopic (exact) mass is 463 g/mol. The van der Waals surface area contributed by atoms with Crippen molar-refractivity contribution >= 4 is 29.3 Å². The minimum atomic E-state index is -0.789. The van der Waals surface area contributed by atoms with Gasteiger partial charge >= 0.3 is 12.1 Å². The van der Waals surface area contributed by atoms with E-state index in [4.69, 9.17) is 14.7 Å². The molecule has 1 saturated heterocycles. The molecule has 1 aromatic heterocycles.